The number of rotatable bonds is 4. The van der Waals surface area contributed by atoms with Crippen molar-refractivity contribution in [2.45, 2.75) is 38.5 Å². The van der Waals surface area contributed by atoms with Gasteiger partial charge in [0.1, 0.15) is 5.82 Å². The molecule has 1 aliphatic rings. The van der Waals surface area contributed by atoms with E-state index in [4.69, 9.17) is 0 Å². The molecular weight excluding hydrogens is 292 g/mol. The summed E-state index contributed by atoms with van der Waals surface area (Å²) in [5.74, 6) is 0.869. The molecule has 3 rings (SSSR count). The molecule has 1 aromatic carbocycles. The molecule has 2 heterocycles. The SMILES string of the molecule is Cc1nccn1-c1ccc([C@H](C)NC(=O)[C@@H]2C[C@@H](O)CN2)cc1. The smallest absolute Gasteiger partial charge is 0.237 e. The molecule has 0 unspecified atom stereocenters. The van der Waals surface area contributed by atoms with Crippen molar-refractivity contribution in [1.29, 1.82) is 0 Å². The number of hydrogen-bond acceptors (Lipinski definition) is 4. The third-order valence-corrected chi connectivity index (χ3v) is 4.28. The first-order valence-electron chi connectivity index (χ1n) is 7.86. The summed E-state index contributed by atoms with van der Waals surface area (Å²) in [5.41, 5.74) is 2.08. The quantitative estimate of drug-likeness (QED) is 0.789. The molecule has 23 heavy (non-hydrogen) atoms. The van der Waals surface area contributed by atoms with Crippen molar-refractivity contribution >= 4 is 5.91 Å². The fourth-order valence-corrected chi connectivity index (χ4v) is 2.89. The Hall–Kier alpha value is -2.18. The van der Waals surface area contributed by atoms with E-state index in [9.17, 15) is 9.90 Å². The number of aliphatic hydroxyl groups is 1. The monoisotopic (exact) mass is 314 g/mol. The van der Waals surface area contributed by atoms with Gasteiger partial charge in [-0.25, -0.2) is 4.98 Å². The molecule has 1 aliphatic heterocycles. The Kier molecular flexibility index (Phi) is 4.45. The number of aliphatic hydroxyl groups excluding tert-OH is 1. The van der Waals surface area contributed by atoms with Crippen molar-refractivity contribution in [3.63, 3.8) is 0 Å². The van der Waals surface area contributed by atoms with E-state index in [1.54, 1.807) is 6.20 Å². The Labute approximate surface area is 135 Å². The van der Waals surface area contributed by atoms with Crippen molar-refractivity contribution in [2.75, 3.05) is 6.54 Å². The van der Waals surface area contributed by atoms with Gasteiger partial charge in [0.05, 0.1) is 18.2 Å². The number of amides is 1. The van der Waals surface area contributed by atoms with E-state index in [0.717, 1.165) is 17.1 Å². The van der Waals surface area contributed by atoms with Gasteiger partial charge >= 0.3 is 0 Å². The van der Waals surface area contributed by atoms with Crippen molar-refractivity contribution in [3.8, 4) is 5.69 Å². The topological polar surface area (TPSA) is 79.2 Å². The molecule has 1 saturated heterocycles. The Bertz CT molecular complexity index is 680. The van der Waals surface area contributed by atoms with E-state index in [1.807, 2.05) is 48.9 Å². The van der Waals surface area contributed by atoms with E-state index in [1.165, 1.54) is 0 Å². The highest BCUT2D eigenvalue weighted by Crippen LogP contribution is 2.17. The lowest BCUT2D eigenvalue weighted by molar-refractivity contribution is -0.123. The van der Waals surface area contributed by atoms with E-state index < -0.39 is 6.10 Å². The van der Waals surface area contributed by atoms with E-state index >= 15 is 0 Å². The Balaban J connectivity index is 1.65. The highest BCUT2D eigenvalue weighted by atomic mass is 16.3. The minimum Gasteiger partial charge on any atom is -0.392 e. The molecule has 0 saturated carbocycles. The summed E-state index contributed by atoms with van der Waals surface area (Å²) in [6.45, 7) is 4.39. The summed E-state index contributed by atoms with van der Waals surface area (Å²) in [5, 5.41) is 15.5. The van der Waals surface area contributed by atoms with Crippen LogP contribution in [-0.2, 0) is 4.79 Å². The third-order valence-electron chi connectivity index (χ3n) is 4.28. The number of aromatic nitrogens is 2. The number of nitrogens with one attached hydrogen (secondary N) is 2. The van der Waals surface area contributed by atoms with Crippen LogP contribution in [0, 0.1) is 6.92 Å². The Morgan fingerprint density at radius 3 is 2.74 bits per heavy atom. The lowest BCUT2D eigenvalue weighted by atomic mass is 10.1. The summed E-state index contributed by atoms with van der Waals surface area (Å²) in [6, 6.07) is 7.67. The number of carbonyl (C=O) groups is 1. The molecule has 0 spiro atoms. The van der Waals surface area contributed by atoms with Crippen LogP contribution in [0.25, 0.3) is 5.69 Å². The molecule has 0 bridgehead atoms. The maximum Gasteiger partial charge on any atom is 0.237 e. The number of hydrogen-bond donors (Lipinski definition) is 3. The summed E-state index contributed by atoms with van der Waals surface area (Å²) < 4.78 is 2.01. The van der Waals surface area contributed by atoms with Crippen LogP contribution in [0.2, 0.25) is 0 Å². The van der Waals surface area contributed by atoms with Crippen molar-refractivity contribution in [3.05, 3.63) is 48.0 Å². The van der Waals surface area contributed by atoms with Crippen molar-refractivity contribution in [2.24, 2.45) is 0 Å². The second kappa shape index (κ2) is 6.52. The van der Waals surface area contributed by atoms with Gasteiger partial charge in [-0.2, -0.15) is 0 Å². The first kappa shape index (κ1) is 15.7. The molecule has 122 valence electrons. The summed E-state index contributed by atoms with van der Waals surface area (Å²) in [4.78, 5) is 16.4. The van der Waals surface area contributed by atoms with Crippen LogP contribution in [0.3, 0.4) is 0 Å². The fourth-order valence-electron chi connectivity index (χ4n) is 2.89. The minimum atomic E-state index is -0.432. The first-order valence-corrected chi connectivity index (χ1v) is 7.86. The minimum absolute atomic E-state index is 0.0661. The zero-order valence-electron chi connectivity index (χ0n) is 13.4. The van der Waals surface area contributed by atoms with Gasteiger partial charge in [-0.3, -0.25) is 4.79 Å². The van der Waals surface area contributed by atoms with Gasteiger partial charge in [0.2, 0.25) is 5.91 Å². The number of nitrogens with zero attached hydrogens (tertiary/aromatic N) is 2. The van der Waals surface area contributed by atoms with Crippen LogP contribution in [0.4, 0.5) is 0 Å². The number of β-amino-alcohol motifs (C(OH)–C–C–N with tert-alkyl or cyclic N) is 1. The molecule has 0 radical (unpaired) electrons. The van der Waals surface area contributed by atoms with Gasteiger partial charge in [-0.1, -0.05) is 12.1 Å². The molecule has 3 N–H and O–H groups in total. The van der Waals surface area contributed by atoms with Crippen LogP contribution < -0.4 is 10.6 Å². The van der Waals surface area contributed by atoms with E-state index in [-0.39, 0.29) is 18.0 Å². The van der Waals surface area contributed by atoms with Gasteiger partial charge in [-0.15, -0.1) is 0 Å². The number of aryl methyl sites for hydroxylation is 1. The van der Waals surface area contributed by atoms with Crippen LogP contribution in [0.15, 0.2) is 36.7 Å². The average molecular weight is 314 g/mol. The molecule has 1 amide bonds. The van der Waals surface area contributed by atoms with Gasteiger partial charge in [0, 0.05) is 24.6 Å². The van der Waals surface area contributed by atoms with Crippen molar-refractivity contribution in [1.82, 2.24) is 20.2 Å². The summed E-state index contributed by atoms with van der Waals surface area (Å²) in [6.07, 6.45) is 3.73. The predicted molar refractivity (Wildman–Crippen MR) is 87.3 cm³/mol. The van der Waals surface area contributed by atoms with Crippen molar-refractivity contribution < 1.29 is 9.90 Å². The zero-order chi connectivity index (χ0) is 16.4. The number of benzene rings is 1. The first-order chi connectivity index (χ1) is 11.0. The van der Waals surface area contributed by atoms with Crippen LogP contribution in [0.1, 0.15) is 30.8 Å². The standard InChI is InChI=1S/C17H22N4O2/c1-11(20-17(23)16-9-15(22)10-19-16)13-3-5-14(6-4-13)21-8-7-18-12(21)2/h3-8,11,15-16,19,22H,9-10H2,1-2H3,(H,20,23)/t11-,15+,16-/m0/s1. The van der Waals surface area contributed by atoms with Gasteiger partial charge in [-0.05, 0) is 38.0 Å². The molecule has 2 aromatic rings. The second-order valence-corrected chi connectivity index (χ2v) is 6.02. The highest BCUT2D eigenvalue weighted by molar-refractivity contribution is 5.82. The molecule has 0 aliphatic carbocycles. The Morgan fingerprint density at radius 1 is 1.43 bits per heavy atom. The summed E-state index contributed by atoms with van der Waals surface area (Å²) in [7, 11) is 0. The molecule has 6 nitrogen and oxygen atoms in total. The molecule has 1 fully saturated rings. The average Bonchev–Trinajstić information content (AvgIpc) is 3.16. The van der Waals surface area contributed by atoms with Gasteiger partial charge < -0.3 is 20.3 Å². The maximum absolute atomic E-state index is 12.2. The van der Waals surface area contributed by atoms with Gasteiger partial charge in [0.15, 0.2) is 0 Å². The largest absolute Gasteiger partial charge is 0.392 e. The molecular formula is C17H22N4O2. The fraction of sp³-hybridized carbons (Fsp3) is 0.412. The van der Waals surface area contributed by atoms with E-state index in [2.05, 4.69) is 15.6 Å². The van der Waals surface area contributed by atoms with Crippen LogP contribution in [-0.4, -0.2) is 39.3 Å². The van der Waals surface area contributed by atoms with E-state index in [0.29, 0.717) is 13.0 Å². The second-order valence-electron chi connectivity index (χ2n) is 6.02. The zero-order valence-corrected chi connectivity index (χ0v) is 13.4. The molecule has 3 atom stereocenters. The summed E-state index contributed by atoms with van der Waals surface area (Å²) >= 11 is 0. The highest BCUT2D eigenvalue weighted by Gasteiger charge is 2.28. The third kappa shape index (κ3) is 3.43. The normalized spacial score (nSPS) is 22.0. The number of carbonyl (C=O) groups excluding carboxylic acids is 1. The lowest BCUT2D eigenvalue weighted by Gasteiger charge is -2.18. The molecule has 1 aromatic heterocycles. The van der Waals surface area contributed by atoms with Gasteiger partial charge in [0.25, 0.3) is 0 Å². The Morgan fingerprint density at radius 2 is 2.17 bits per heavy atom. The van der Waals surface area contributed by atoms with Crippen LogP contribution in [0.5, 0.6) is 0 Å². The predicted octanol–water partition coefficient (Wildman–Crippen LogP) is 1.08. The van der Waals surface area contributed by atoms with Crippen LogP contribution >= 0.6 is 0 Å². The maximum atomic E-state index is 12.2. The lowest BCUT2D eigenvalue weighted by Crippen LogP contribution is -2.41. The number of imidazole rings is 1. The molecule has 6 heteroatoms.